The highest BCUT2D eigenvalue weighted by Crippen LogP contribution is 2.26. The lowest BCUT2D eigenvalue weighted by atomic mass is 9.85. The molecule has 66 valence electrons. The average molecular weight is 158 g/mol. The third kappa shape index (κ3) is 3.24. The maximum Gasteiger partial charge on any atom is 0.0391 e. The molecule has 0 amide bonds. The van der Waals surface area contributed by atoms with Gasteiger partial charge in [-0.2, -0.15) is 0 Å². The predicted octanol–water partition coefficient (Wildman–Crippen LogP) is 2.56. The van der Waals surface area contributed by atoms with E-state index in [1.165, 1.54) is 32.1 Å². The van der Waals surface area contributed by atoms with Crippen molar-refractivity contribution < 1.29 is 4.11 Å². The van der Waals surface area contributed by atoms with Gasteiger partial charge in [0.1, 0.15) is 0 Å². The Kier molecular flexibility index (Phi) is 2.41. The van der Waals surface area contributed by atoms with Crippen LogP contribution in [0.1, 0.15) is 49.6 Å². The van der Waals surface area contributed by atoms with Crippen molar-refractivity contribution in [3.63, 3.8) is 0 Å². The number of rotatable bonds is 3. The van der Waals surface area contributed by atoms with Gasteiger partial charge in [-0.3, -0.25) is 0 Å². The van der Waals surface area contributed by atoms with Crippen molar-refractivity contribution in [2.75, 3.05) is 6.98 Å². The first-order chi connectivity index (χ1) is 6.47. The number of nitrogens with one attached hydrogen (secondary N) is 1. The van der Waals surface area contributed by atoms with Gasteiger partial charge < -0.3 is 5.32 Å². The molecular weight excluding hydrogens is 134 g/mol. The van der Waals surface area contributed by atoms with Crippen LogP contribution >= 0.6 is 0 Å². The van der Waals surface area contributed by atoms with E-state index in [9.17, 15) is 0 Å². The van der Waals surface area contributed by atoms with Gasteiger partial charge in [0.25, 0.3) is 0 Å². The first-order valence-corrected chi connectivity index (χ1v) is 4.75. The molecular formula is C10H21N. The molecule has 1 rings (SSSR count). The Morgan fingerprint density at radius 3 is 2.82 bits per heavy atom. The Hall–Kier alpha value is -0.0400. The van der Waals surface area contributed by atoms with Gasteiger partial charge in [0.2, 0.25) is 0 Å². The molecule has 0 bridgehead atoms. The van der Waals surface area contributed by atoms with Crippen molar-refractivity contribution in [3.05, 3.63) is 0 Å². The fourth-order valence-corrected chi connectivity index (χ4v) is 1.98. The SMILES string of the molecule is [2H]C([2H])([2H])NC(C)CC1CCCCC1. The fraction of sp³-hybridized carbons (Fsp3) is 1.00. The molecule has 11 heavy (non-hydrogen) atoms. The Morgan fingerprint density at radius 2 is 2.18 bits per heavy atom. The first-order valence-electron chi connectivity index (χ1n) is 6.25. The van der Waals surface area contributed by atoms with E-state index in [1.54, 1.807) is 0 Å². The third-order valence-electron chi connectivity index (χ3n) is 2.66. The summed E-state index contributed by atoms with van der Waals surface area (Å²) in [5.74, 6) is 0.744. The van der Waals surface area contributed by atoms with Gasteiger partial charge >= 0.3 is 0 Å². The van der Waals surface area contributed by atoms with Crippen molar-refractivity contribution in [1.29, 1.82) is 0 Å². The minimum atomic E-state index is -1.98. The Balaban J connectivity index is 2.21. The van der Waals surface area contributed by atoms with Crippen molar-refractivity contribution in [1.82, 2.24) is 5.32 Å². The van der Waals surface area contributed by atoms with Crippen LogP contribution in [0, 0.1) is 5.92 Å². The number of hydrogen-bond acceptors (Lipinski definition) is 1. The fourth-order valence-electron chi connectivity index (χ4n) is 1.98. The predicted molar refractivity (Wildman–Crippen MR) is 49.7 cm³/mol. The second-order valence-electron chi connectivity index (χ2n) is 3.79. The van der Waals surface area contributed by atoms with Crippen LogP contribution in [0.25, 0.3) is 0 Å². The van der Waals surface area contributed by atoms with Gasteiger partial charge in [-0.05, 0) is 26.2 Å². The van der Waals surface area contributed by atoms with Crippen LogP contribution in [0.5, 0.6) is 0 Å². The van der Waals surface area contributed by atoms with Gasteiger partial charge in [0, 0.05) is 10.2 Å². The van der Waals surface area contributed by atoms with Gasteiger partial charge in [0.05, 0.1) is 0 Å². The van der Waals surface area contributed by atoms with Crippen molar-refractivity contribution in [2.45, 2.75) is 51.5 Å². The lowest BCUT2D eigenvalue weighted by Crippen LogP contribution is -2.25. The van der Waals surface area contributed by atoms with Crippen LogP contribution in [0.2, 0.25) is 0 Å². The molecule has 1 unspecified atom stereocenters. The summed E-state index contributed by atoms with van der Waals surface area (Å²) in [4.78, 5) is 0. The van der Waals surface area contributed by atoms with Gasteiger partial charge in [-0.15, -0.1) is 0 Å². The van der Waals surface area contributed by atoms with E-state index in [-0.39, 0.29) is 6.04 Å². The summed E-state index contributed by atoms with van der Waals surface area (Å²) < 4.78 is 21.3. The molecule has 0 radical (unpaired) electrons. The summed E-state index contributed by atoms with van der Waals surface area (Å²) in [6, 6.07) is 0.116. The Labute approximate surface area is 74.8 Å². The normalized spacial score (nSPS) is 28.6. The molecule has 0 saturated heterocycles. The van der Waals surface area contributed by atoms with Crippen molar-refractivity contribution >= 4 is 0 Å². The van der Waals surface area contributed by atoms with E-state index in [4.69, 9.17) is 4.11 Å². The van der Waals surface area contributed by atoms with Crippen LogP contribution in [-0.4, -0.2) is 13.0 Å². The van der Waals surface area contributed by atoms with E-state index in [0.717, 1.165) is 12.3 Å². The largest absolute Gasteiger partial charge is 0.317 e. The van der Waals surface area contributed by atoms with Crippen molar-refractivity contribution in [3.8, 4) is 0 Å². The standard InChI is InChI=1S/C10H21N/c1-9(11-2)8-10-6-4-3-5-7-10/h9-11H,3-8H2,1-2H3/i2D3. The van der Waals surface area contributed by atoms with Gasteiger partial charge in [-0.25, -0.2) is 0 Å². The molecule has 1 nitrogen and oxygen atoms in total. The summed E-state index contributed by atoms with van der Waals surface area (Å²) in [7, 11) is 0. The topological polar surface area (TPSA) is 12.0 Å². The molecule has 0 spiro atoms. The lowest BCUT2D eigenvalue weighted by molar-refractivity contribution is 0.311. The Morgan fingerprint density at radius 1 is 1.45 bits per heavy atom. The van der Waals surface area contributed by atoms with Crippen molar-refractivity contribution in [2.24, 2.45) is 5.92 Å². The van der Waals surface area contributed by atoms with E-state index in [2.05, 4.69) is 5.32 Å². The minimum Gasteiger partial charge on any atom is -0.317 e. The second-order valence-corrected chi connectivity index (χ2v) is 3.79. The molecule has 1 aliphatic rings. The molecule has 1 aliphatic carbocycles. The number of hydrogen-bond donors (Lipinski definition) is 1. The summed E-state index contributed by atoms with van der Waals surface area (Å²) in [6.07, 6.45) is 7.59. The molecule has 1 N–H and O–H groups in total. The average Bonchev–Trinajstić information content (AvgIpc) is 2.02. The zero-order chi connectivity index (χ0) is 10.6. The van der Waals surface area contributed by atoms with E-state index in [0.29, 0.717) is 0 Å². The summed E-state index contributed by atoms with van der Waals surface area (Å²) in [6.45, 7) is -0.00490. The van der Waals surface area contributed by atoms with Crippen LogP contribution in [0.15, 0.2) is 0 Å². The maximum absolute atomic E-state index is 7.10. The van der Waals surface area contributed by atoms with E-state index >= 15 is 0 Å². The van der Waals surface area contributed by atoms with Gasteiger partial charge in [-0.1, -0.05) is 32.1 Å². The maximum atomic E-state index is 7.10. The molecule has 0 aromatic carbocycles. The molecule has 0 aromatic rings. The van der Waals surface area contributed by atoms with Gasteiger partial charge in [0.15, 0.2) is 0 Å². The van der Waals surface area contributed by atoms with Crippen LogP contribution in [-0.2, 0) is 0 Å². The van der Waals surface area contributed by atoms with Crippen LogP contribution < -0.4 is 5.32 Å². The van der Waals surface area contributed by atoms with Crippen LogP contribution in [0.3, 0.4) is 0 Å². The highest BCUT2D eigenvalue weighted by atomic mass is 14.8. The molecule has 0 aromatic heterocycles. The lowest BCUT2D eigenvalue weighted by Gasteiger charge is -2.24. The highest BCUT2D eigenvalue weighted by Gasteiger charge is 2.14. The molecule has 0 heterocycles. The summed E-state index contributed by atoms with van der Waals surface area (Å²) in [5.41, 5.74) is 0. The second kappa shape index (κ2) is 4.76. The van der Waals surface area contributed by atoms with Crippen LogP contribution in [0.4, 0.5) is 0 Å². The molecule has 1 fully saturated rings. The molecule has 1 heteroatoms. The highest BCUT2D eigenvalue weighted by molar-refractivity contribution is 4.70. The van der Waals surface area contributed by atoms with E-state index in [1.807, 2.05) is 6.92 Å². The third-order valence-corrected chi connectivity index (χ3v) is 2.66. The summed E-state index contributed by atoms with van der Waals surface area (Å²) >= 11 is 0. The molecule has 1 atom stereocenters. The Bertz CT molecular complexity index is 161. The minimum absolute atomic E-state index is 0.116. The smallest absolute Gasteiger partial charge is 0.0391 e. The molecule has 0 aliphatic heterocycles. The van der Waals surface area contributed by atoms with E-state index < -0.39 is 6.98 Å². The quantitative estimate of drug-likeness (QED) is 0.665. The monoisotopic (exact) mass is 158 g/mol. The zero-order valence-corrected chi connectivity index (χ0v) is 7.40. The molecule has 1 saturated carbocycles. The zero-order valence-electron chi connectivity index (χ0n) is 10.4. The summed E-state index contributed by atoms with van der Waals surface area (Å²) in [5, 5.41) is 2.67. The first kappa shape index (κ1) is 5.58.